The second-order valence-electron chi connectivity index (χ2n) is 5.01. The van der Waals surface area contributed by atoms with Gasteiger partial charge in [0.1, 0.15) is 11.5 Å². The fourth-order valence-corrected chi connectivity index (χ4v) is 2.23. The number of carbonyl (C=O) groups is 3. The second kappa shape index (κ2) is 10.3. The summed E-state index contributed by atoms with van der Waals surface area (Å²) in [6.07, 6.45) is -0.351. The van der Waals surface area contributed by atoms with Gasteiger partial charge in [-0.05, 0) is 33.6 Å². The molecule has 10 heteroatoms. The summed E-state index contributed by atoms with van der Waals surface area (Å²) in [7, 11) is 0. The number of carbonyl (C=O) groups excluding carboxylic acids is 2. The lowest BCUT2D eigenvalue weighted by molar-refractivity contribution is -0.138. The Balaban J connectivity index is 2.40. The minimum absolute atomic E-state index is 0.0478. The highest BCUT2D eigenvalue weighted by molar-refractivity contribution is 9.10. The van der Waals surface area contributed by atoms with Gasteiger partial charge in [-0.1, -0.05) is 11.2 Å². The number of hydrogen-bond acceptors (Lipinski definition) is 6. The predicted octanol–water partition coefficient (Wildman–Crippen LogP) is 0.625. The van der Waals surface area contributed by atoms with Gasteiger partial charge in [-0.25, -0.2) is 0 Å². The van der Waals surface area contributed by atoms with E-state index in [1.807, 2.05) is 0 Å². The minimum atomic E-state index is -1.06. The van der Waals surface area contributed by atoms with E-state index in [0.29, 0.717) is 10.0 Å². The van der Waals surface area contributed by atoms with Crippen LogP contribution >= 0.6 is 15.9 Å². The fourth-order valence-electron chi connectivity index (χ4n) is 1.80. The molecule has 0 atom stereocenters. The Bertz CT molecular complexity index is 677. The van der Waals surface area contributed by atoms with Crippen LogP contribution in [0.15, 0.2) is 27.8 Å². The average molecular weight is 416 g/mol. The highest BCUT2D eigenvalue weighted by Crippen LogP contribution is 2.24. The molecule has 0 fully saturated rings. The van der Waals surface area contributed by atoms with Crippen molar-refractivity contribution in [2.45, 2.75) is 19.3 Å². The molecule has 0 aliphatic carbocycles. The van der Waals surface area contributed by atoms with Crippen molar-refractivity contribution in [3.05, 3.63) is 28.2 Å². The van der Waals surface area contributed by atoms with Gasteiger partial charge in [0.05, 0.1) is 10.9 Å². The van der Waals surface area contributed by atoms with Gasteiger partial charge in [0, 0.05) is 25.9 Å². The largest absolute Gasteiger partial charge is 0.507 e. The van der Waals surface area contributed by atoms with Crippen molar-refractivity contribution in [2.24, 2.45) is 5.16 Å². The van der Waals surface area contributed by atoms with E-state index in [0.717, 1.165) is 0 Å². The summed E-state index contributed by atoms with van der Waals surface area (Å²) in [6, 6.07) is 4.62. The molecule has 136 valence electrons. The van der Waals surface area contributed by atoms with Gasteiger partial charge in [0.2, 0.25) is 5.91 Å². The number of hydrogen-bond donors (Lipinski definition) is 5. The normalized spacial score (nSPS) is 11.0. The van der Waals surface area contributed by atoms with Crippen LogP contribution in [0.1, 0.15) is 18.4 Å². The van der Waals surface area contributed by atoms with E-state index in [2.05, 4.69) is 31.7 Å². The number of oxime groups is 1. The highest BCUT2D eigenvalue weighted by Gasteiger charge is 2.14. The van der Waals surface area contributed by atoms with Crippen molar-refractivity contribution in [2.75, 3.05) is 13.1 Å². The maximum Gasteiger partial charge on any atom is 0.303 e. The van der Waals surface area contributed by atoms with Crippen molar-refractivity contribution in [3.8, 4) is 5.75 Å². The Labute approximate surface area is 151 Å². The summed E-state index contributed by atoms with van der Waals surface area (Å²) in [5.74, 6) is -2.05. The first kappa shape index (κ1) is 20.4. The van der Waals surface area contributed by atoms with Gasteiger partial charge in [-0.15, -0.1) is 0 Å². The molecule has 0 heterocycles. The second-order valence-corrected chi connectivity index (χ2v) is 5.86. The summed E-state index contributed by atoms with van der Waals surface area (Å²) in [5.41, 5.74) is 0.518. The lowest BCUT2D eigenvalue weighted by Gasteiger charge is -2.08. The van der Waals surface area contributed by atoms with Crippen molar-refractivity contribution in [3.63, 3.8) is 0 Å². The Hall–Kier alpha value is -2.62. The van der Waals surface area contributed by atoms with Gasteiger partial charge in [0.15, 0.2) is 0 Å². The number of nitrogens with zero attached hydrogens (tertiary/aromatic N) is 1. The smallest absolute Gasteiger partial charge is 0.303 e. The Morgan fingerprint density at radius 1 is 1.12 bits per heavy atom. The molecule has 1 aromatic rings. The summed E-state index contributed by atoms with van der Waals surface area (Å²) >= 11 is 3.15. The monoisotopic (exact) mass is 415 g/mol. The van der Waals surface area contributed by atoms with Crippen LogP contribution in [0, 0.1) is 0 Å². The number of aromatic hydroxyl groups is 1. The molecule has 9 nitrogen and oxygen atoms in total. The van der Waals surface area contributed by atoms with Gasteiger partial charge in [-0.3, -0.25) is 14.4 Å². The number of carboxylic acid groups (broad SMARTS) is 1. The van der Waals surface area contributed by atoms with Gasteiger partial charge in [-0.2, -0.15) is 0 Å². The number of phenols is 1. The van der Waals surface area contributed by atoms with E-state index in [1.165, 1.54) is 6.07 Å². The van der Waals surface area contributed by atoms with Gasteiger partial charge < -0.3 is 26.1 Å². The van der Waals surface area contributed by atoms with Crippen molar-refractivity contribution < 1.29 is 29.8 Å². The number of benzene rings is 1. The van der Waals surface area contributed by atoms with E-state index in [1.54, 1.807) is 12.1 Å². The molecule has 0 aliphatic heterocycles. The number of amides is 2. The zero-order valence-electron chi connectivity index (χ0n) is 13.2. The van der Waals surface area contributed by atoms with E-state index in [-0.39, 0.29) is 43.8 Å². The number of phenolic OH excluding ortho intramolecular Hbond substituents is 1. The summed E-state index contributed by atoms with van der Waals surface area (Å²) in [4.78, 5) is 33.6. The Morgan fingerprint density at radius 2 is 1.80 bits per heavy atom. The van der Waals surface area contributed by atoms with Crippen molar-refractivity contribution in [1.82, 2.24) is 10.6 Å². The summed E-state index contributed by atoms with van der Waals surface area (Å²) in [6.45, 7) is 0.212. The number of aliphatic carboxylic acids is 1. The maximum absolute atomic E-state index is 11.9. The molecule has 0 saturated heterocycles. The SMILES string of the molecule is O=C(O)CCC(=O)NCCNC(=O)/C(Cc1ccc(O)c(Br)c1)=N/O. The van der Waals surface area contributed by atoms with E-state index < -0.39 is 17.8 Å². The zero-order chi connectivity index (χ0) is 18.8. The number of nitrogens with one attached hydrogen (secondary N) is 2. The van der Waals surface area contributed by atoms with Crippen molar-refractivity contribution >= 4 is 39.4 Å². The molecule has 0 spiro atoms. The third kappa shape index (κ3) is 7.66. The lowest BCUT2D eigenvalue weighted by atomic mass is 10.1. The molecule has 5 N–H and O–H groups in total. The average Bonchev–Trinajstić information content (AvgIpc) is 2.57. The Morgan fingerprint density at radius 3 is 2.40 bits per heavy atom. The molecule has 1 rings (SSSR count). The molecule has 0 aliphatic rings. The van der Waals surface area contributed by atoms with Crippen LogP contribution < -0.4 is 10.6 Å². The first-order valence-corrected chi connectivity index (χ1v) is 8.07. The molecule has 0 bridgehead atoms. The molecule has 0 radical (unpaired) electrons. The standard InChI is InChI=1S/C15H18BrN3O6/c16-10-7-9(1-2-12(10)20)8-11(19-25)15(24)18-6-5-17-13(21)3-4-14(22)23/h1-2,7,20,25H,3-6,8H2,(H,17,21)(H,18,24)(H,22,23)/b19-11+. The fraction of sp³-hybridized carbons (Fsp3) is 0.333. The topological polar surface area (TPSA) is 148 Å². The third-order valence-electron chi connectivity index (χ3n) is 3.07. The van der Waals surface area contributed by atoms with E-state index in [4.69, 9.17) is 10.3 Å². The van der Waals surface area contributed by atoms with E-state index >= 15 is 0 Å². The predicted molar refractivity (Wildman–Crippen MR) is 91.6 cm³/mol. The molecule has 1 aromatic carbocycles. The highest BCUT2D eigenvalue weighted by atomic mass is 79.9. The van der Waals surface area contributed by atoms with Gasteiger partial charge in [0.25, 0.3) is 5.91 Å². The molecule has 0 unspecified atom stereocenters. The minimum Gasteiger partial charge on any atom is -0.507 e. The third-order valence-corrected chi connectivity index (χ3v) is 3.70. The van der Waals surface area contributed by atoms with Gasteiger partial charge >= 0.3 is 5.97 Å². The molecular formula is C15H18BrN3O6. The molecule has 2 amide bonds. The Kier molecular flexibility index (Phi) is 8.40. The van der Waals surface area contributed by atoms with Crippen LogP contribution in [0.4, 0.5) is 0 Å². The summed E-state index contributed by atoms with van der Waals surface area (Å²) in [5, 5.41) is 34.8. The van der Waals surface area contributed by atoms with Crippen LogP contribution in [-0.2, 0) is 20.8 Å². The molecule has 25 heavy (non-hydrogen) atoms. The van der Waals surface area contributed by atoms with Crippen molar-refractivity contribution in [1.29, 1.82) is 0 Å². The molecule has 0 aromatic heterocycles. The number of carboxylic acids is 1. The lowest BCUT2D eigenvalue weighted by Crippen LogP contribution is -2.38. The number of halogens is 1. The quantitative estimate of drug-likeness (QED) is 0.173. The van der Waals surface area contributed by atoms with Crippen LogP contribution in [0.2, 0.25) is 0 Å². The molecular weight excluding hydrogens is 398 g/mol. The zero-order valence-corrected chi connectivity index (χ0v) is 14.7. The van der Waals surface area contributed by atoms with E-state index in [9.17, 15) is 19.5 Å². The maximum atomic E-state index is 11.9. The van der Waals surface area contributed by atoms with Crippen LogP contribution in [0.25, 0.3) is 0 Å². The van der Waals surface area contributed by atoms with Crippen LogP contribution in [0.5, 0.6) is 5.75 Å². The molecule has 0 saturated carbocycles. The number of rotatable bonds is 9. The van der Waals surface area contributed by atoms with Crippen LogP contribution in [-0.4, -0.2) is 52.0 Å². The first-order valence-electron chi connectivity index (χ1n) is 7.28. The summed E-state index contributed by atoms with van der Waals surface area (Å²) < 4.78 is 0.451. The van der Waals surface area contributed by atoms with Crippen LogP contribution in [0.3, 0.4) is 0 Å². The first-order chi connectivity index (χ1) is 11.8.